The zero-order valence-electron chi connectivity index (χ0n) is 14.7. The van der Waals surface area contributed by atoms with Crippen LogP contribution in [0.2, 0.25) is 0 Å². The number of alkyl halides is 1. The number of rotatable bonds is 2. The normalized spacial score (nSPS) is 16.2. The first-order valence-electron chi connectivity index (χ1n) is 8.14. The van der Waals surface area contributed by atoms with Crippen LogP contribution in [0.3, 0.4) is 0 Å². The number of para-hydroxylation sites is 1. The Kier molecular flexibility index (Phi) is 4.79. The SMILES string of the molecule is CC(C)(C)OC(=O)n1cc([C@@H](F)C(=O)N2CCSC2=O)c2ccccc21. The number of thioether (sulfide) groups is 1. The van der Waals surface area contributed by atoms with Gasteiger partial charge in [-0.15, -0.1) is 0 Å². The second kappa shape index (κ2) is 6.75. The molecule has 0 unspecified atom stereocenters. The molecule has 138 valence electrons. The molecular formula is C18H19FN2O4S. The first kappa shape index (κ1) is 18.4. The summed E-state index contributed by atoms with van der Waals surface area (Å²) < 4.78 is 21.5. The Labute approximate surface area is 154 Å². The van der Waals surface area contributed by atoms with Crippen molar-refractivity contribution in [2.24, 2.45) is 0 Å². The molecular weight excluding hydrogens is 359 g/mol. The molecule has 0 aliphatic carbocycles. The van der Waals surface area contributed by atoms with E-state index in [1.165, 1.54) is 10.8 Å². The number of ether oxygens (including phenoxy) is 1. The van der Waals surface area contributed by atoms with Gasteiger partial charge in [-0.25, -0.2) is 9.18 Å². The van der Waals surface area contributed by atoms with E-state index < -0.39 is 29.0 Å². The first-order chi connectivity index (χ1) is 12.2. The van der Waals surface area contributed by atoms with Gasteiger partial charge in [-0.05, 0) is 26.8 Å². The van der Waals surface area contributed by atoms with Gasteiger partial charge in [-0.2, -0.15) is 0 Å². The van der Waals surface area contributed by atoms with Crippen molar-refractivity contribution >= 4 is 39.9 Å². The number of hydrogen-bond donors (Lipinski definition) is 0. The topological polar surface area (TPSA) is 68.6 Å². The first-order valence-corrected chi connectivity index (χ1v) is 9.13. The van der Waals surface area contributed by atoms with E-state index in [2.05, 4.69) is 0 Å². The monoisotopic (exact) mass is 378 g/mol. The van der Waals surface area contributed by atoms with Gasteiger partial charge in [0.1, 0.15) is 5.60 Å². The lowest BCUT2D eigenvalue weighted by molar-refractivity contribution is -0.132. The van der Waals surface area contributed by atoms with Gasteiger partial charge in [0, 0.05) is 29.4 Å². The van der Waals surface area contributed by atoms with Gasteiger partial charge in [-0.1, -0.05) is 30.0 Å². The quantitative estimate of drug-likeness (QED) is 0.786. The molecule has 8 heteroatoms. The van der Waals surface area contributed by atoms with Crippen LogP contribution in [-0.2, 0) is 9.53 Å². The summed E-state index contributed by atoms with van der Waals surface area (Å²) >= 11 is 0.987. The Morgan fingerprint density at radius 2 is 1.96 bits per heavy atom. The van der Waals surface area contributed by atoms with E-state index in [1.807, 2.05) is 0 Å². The molecule has 0 N–H and O–H groups in total. The maximum atomic E-state index is 15.0. The molecule has 0 spiro atoms. The molecule has 26 heavy (non-hydrogen) atoms. The summed E-state index contributed by atoms with van der Waals surface area (Å²) in [6.07, 6.45) is -1.42. The van der Waals surface area contributed by atoms with Crippen molar-refractivity contribution in [3.8, 4) is 0 Å². The van der Waals surface area contributed by atoms with Crippen molar-refractivity contribution < 1.29 is 23.5 Å². The Hall–Kier alpha value is -2.35. The van der Waals surface area contributed by atoms with E-state index in [4.69, 9.17) is 4.74 Å². The average molecular weight is 378 g/mol. The number of carbonyl (C=O) groups is 3. The number of imide groups is 1. The summed E-state index contributed by atoms with van der Waals surface area (Å²) in [4.78, 5) is 37.5. The summed E-state index contributed by atoms with van der Waals surface area (Å²) in [6.45, 7) is 5.38. The number of aromatic nitrogens is 1. The Balaban J connectivity index is 2.00. The van der Waals surface area contributed by atoms with Gasteiger partial charge in [-0.3, -0.25) is 19.1 Å². The molecule has 1 fully saturated rings. The van der Waals surface area contributed by atoms with Gasteiger partial charge >= 0.3 is 6.09 Å². The molecule has 0 saturated carbocycles. The third-order valence-corrected chi connectivity index (χ3v) is 4.70. The molecule has 0 bridgehead atoms. The lowest BCUT2D eigenvalue weighted by Gasteiger charge is -2.19. The number of nitrogens with zero attached hydrogens (tertiary/aromatic N) is 2. The smallest absolute Gasteiger partial charge is 0.419 e. The van der Waals surface area contributed by atoms with Crippen LogP contribution in [0, 0.1) is 0 Å². The fraction of sp³-hybridized carbons (Fsp3) is 0.389. The molecule has 1 aromatic heterocycles. The van der Waals surface area contributed by atoms with E-state index in [9.17, 15) is 18.8 Å². The summed E-state index contributed by atoms with van der Waals surface area (Å²) in [5, 5.41) is -0.0213. The number of halogens is 1. The van der Waals surface area contributed by atoms with Crippen LogP contribution in [0.5, 0.6) is 0 Å². The van der Waals surface area contributed by atoms with Crippen LogP contribution in [0.15, 0.2) is 30.5 Å². The van der Waals surface area contributed by atoms with Crippen molar-refractivity contribution in [2.45, 2.75) is 32.5 Å². The van der Waals surface area contributed by atoms with E-state index in [0.717, 1.165) is 16.7 Å². The summed E-state index contributed by atoms with van der Waals surface area (Å²) in [6, 6.07) is 6.69. The third-order valence-electron chi connectivity index (χ3n) is 3.85. The average Bonchev–Trinajstić information content (AvgIpc) is 3.15. The van der Waals surface area contributed by atoms with E-state index in [0.29, 0.717) is 16.7 Å². The van der Waals surface area contributed by atoms with Crippen LogP contribution in [0.1, 0.15) is 32.5 Å². The number of hydrogen-bond acceptors (Lipinski definition) is 5. The van der Waals surface area contributed by atoms with Gasteiger partial charge in [0.25, 0.3) is 11.1 Å². The fourth-order valence-corrected chi connectivity index (χ4v) is 3.52. The summed E-state index contributed by atoms with van der Waals surface area (Å²) in [5.74, 6) is -0.455. The molecule has 1 aliphatic heterocycles. The number of amides is 2. The van der Waals surface area contributed by atoms with Crippen molar-refractivity contribution in [3.63, 3.8) is 0 Å². The molecule has 2 aromatic rings. The second-order valence-electron chi connectivity index (χ2n) is 6.92. The lowest BCUT2D eigenvalue weighted by Crippen LogP contribution is -2.33. The molecule has 1 atom stereocenters. The van der Waals surface area contributed by atoms with Crippen molar-refractivity contribution in [2.75, 3.05) is 12.3 Å². The van der Waals surface area contributed by atoms with Gasteiger partial charge < -0.3 is 4.74 Å². The van der Waals surface area contributed by atoms with Crippen LogP contribution >= 0.6 is 11.8 Å². The highest BCUT2D eigenvalue weighted by Gasteiger charge is 2.35. The second-order valence-corrected chi connectivity index (χ2v) is 7.96. The molecule has 1 aliphatic rings. The Morgan fingerprint density at radius 1 is 1.27 bits per heavy atom. The zero-order chi connectivity index (χ0) is 19.1. The maximum Gasteiger partial charge on any atom is 0.419 e. The minimum absolute atomic E-state index is 0.0427. The largest absolute Gasteiger partial charge is 0.443 e. The predicted molar refractivity (Wildman–Crippen MR) is 97.0 cm³/mol. The summed E-state index contributed by atoms with van der Waals surface area (Å²) in [5.41, 5.74) is -0.234. The standard InChI is InChI=1S/C18H19FN2O4S/c1-18(2,3)25-16(23)21-10-12(11-6-4-5-7-13(11)21)14(19)15(22)20-8-9-26-17(20)24/h4-7,10,14H,8-9H2,1-3H3/t14-/m1/s1. The molecule has 6 nitrogen and oxygen atoms in total. The Bertz CT molecular complexity index is 887. The van der Waals surface area contributed by atoms with Crippen LogP contribution in [0.25, 0.3) is 10.9 Å². The molecule has 0 radical (unpaired) electrons. The fourth-order valence-electron chi connectivity index (χ4n) is 2.73. The summed E-state index contributed by atoms with van der Waals surface area (Å²) in [7, 11) is 0. The highest BCUT2D eigenvalue weighted by molar-refractivity contribution is 8.13. The minimum atomic E-state index is -2.04. The van der Waals surface area contributed by atoms with Crippen LogP contribution in [0.4, 0.5) is 14.0 Å². The predicted octanol–water partition coefficient (Wildman–Crippen LogP) is 4.13. The van der Waals surface area contributed by atoms with Crippen LogP contribution in [-0.4, -0.2) is 44.6 Å². The lowest BCUT2D eigenvalue weighted by atomic mass is 10.1. The molecule has 1 saturated heterocycles. The van der Waals surface area contributed by atoms with Gasteiger partial charge in [0.15, 0.2) is 0 Å². The van der Waals surface area contributed by atoms with E-state index in [1.54, 1.807) is 45.0 Å². The molecule has 2 heterocycles. The molecule has 1 aromatic carbocycles. The van der Waals surface area contributed by atoms with Crippen molar-refractivity contribution in [1.29, 1.82) is 0 Å². The van der Waals surface area contributed by atoms with Crippen LogP contribution < -0.4 is 0 Å². The number of fused-ring (bicyclic) bond motifs is 1. The van der Waals surface area contributed by atoms with Crippen molar-refractivity contribution in [1.82, 2.24) is 9.47 Å². The molecule has 2 amide bonds. The van der Waals surface area contributed by atoms with Gasteiger partial charge in [0.05, 0.1) is 5.52 Å². The van der Waals surface area contributed by atoms with E-state index in [-0.39, 0.29) is 12.1 Å². The van der Waals surface area contributed by atoms with Gasteiger partial charge in [0.2, 0.25) is 6.17 Å². The number of benzene rings is 1. The maximum absolute atomic E-state index is 15.0. The highest BCUT2D eigenvalue weighted by atomic mass is 32.2. The van der Waals surface area contributed by atoms with Crippen molar-refractivity contribution in [3.05, 3.63) is 36.0 Å². The minimum Gasteiger partial charge on any atom is -0.443 e. The Morgan fingerprint density at radius 3 is 2.58 bits per heavy atom. The number of carbonyl (C=O) groups excluding carboxylic acids is 3. The molecule has 3 rings (SSSR count). The zero-order valence-corrected chi connectivity index (χ0v) is 15.5. The van der Waals surface area contributed by atoms with E-state index >= 15 is 0 Å². The highest BCUT2D eigenvalue weighted by Crippen LogP contribution is 2.32. The third kappa shape index (κ3) is 3.46.